The van der Waals surface area contributed by atoms with Gasteiger partial charge < -0.3 is 4.74 Å². The van der Waals surface area contributed by atoms with Crippen molar-refractivity contribution < 1.29 is 9.66 Å². The van der Waals surface area contributed by atoms with E-state index in [9.17, 15) is 10.1 Å². The lowest BCUT2D eigenvalue weighted by Gasteiger charge is -2.25. The third-order valence-corrected chi connectivity index (χ3v) is 2.50. The molecule has 0 unspecified atom stereocenters. The molecule has 1 aliphatic heterocycles. The molecule has 16 heavy (non-hydrogen) atoms. The fourth-order valence-corrected chi connectivity index (χ4v) is 1.67. The second kappa shape index (κ2) is 5.05. The first-order valence-electron chi connectivity index (χ1n) is 5.17. The van der Waals surface area contributed by atoms with Crippen molar-refractivity contribution in [1.82, 2.24) is 4.90 Å². The van der Waals surface area contributed by atoms with Crippen LogP contribution in [0.15, 0.2) is 24.3 Å². The van der Waals surface area contributed by atoms with E-state index in [1.165, 1.54) is 6.07 Å². The minimum atomic E-state index is -0.355. The topological polar surface area (TPSA) is 55.6 Å². The van der Waals surface area contributed by atoms with E-state index in [-0.39, 0.29) is 10.6 Å². The Morgan fingerprint density at radius 3 is 2.69 bits per heavy atom. The van der Waals surface area contributed by atoms with Gasteiger partial charge in [0.05, 0.1) is 24.7 Å². The second-order valence-corrected chi connectivity index (χ2v) is 3.59. The molecule has 1 fully saturated rings. The van der Waals surface area contributed by atoms with Gasteiger partial charge in [0, 0.05) is 24.7 Å². The van der Waals surface area contributed by atoms with E-state index >= 15 is 0 Å². The molecule has 1 aromatic carbocycles. The van der Waals surface area contributed by atoms with Crippen LogP contribution in [0.1, 0.15) is 5.56 Å². The number of ether oxygens (including phenoxy) is 1. The molecule has 1 radical (unpaired) electrons. The van der Waals surface area contributed by atoms with Crippen molar-refractivity contribution >= 4 is 5.69 Å². The van der Waals surface area contributed by atoms with E-state index in [2.05, 4.69) is 0 Å². The number of nitro benzene ring substituents is 1. The van der Waals surface area contributed by atoms with Crippen LogP contribution in [0.25, 0.3) is 0 Å². The molecule has 0 atom stereocenters. The van der Waals surface area contributed by atoms with Crippen LogP contribution in [0.4, 0.5) is 5.69 Å². The Morgan fingerprint density at radius 2 is 2.00 bits per heavy atom. The highest BCUT2D eigenvalue weighted by atomic mass is 16.6. The zero-order valence-corrected chi connectivity index (χ0v) is 8.83. The highest BCUT2D eigenvalue weighted by Gasteiger charge is 2.17. The van der Waals surface area contributed by atoms with Crippen molar-refractivity contribution in [3.05, 3.63) is 46.5 Å². The minimum Gasteiger partial charge on any atom is -0.379 e. The van der Waals surface area contributed by atoms with Gasteiger partial charge >= 0.3 is 0 Å². The van der Waals surface area contributed by atoms with Gasteiger partial charge in [-0.1, -0.05) is 18.2 Å². The Kier molecular flexibility index (Phi) is 3.48. The minimum absolute atomic E-state index is 0.147. The standard InChI is InChI=1S/C11H13N2O3/c14-13(15)11-4-2-1-3-10(11)9-12-5-7-16-8-6-12/h1-4,9H,5-8H2. The first-order valence-corrected chi connectivity index (χ1v) is 5.17. The first kappa shape index (κ1) is 11.0. The summed E-state index contributed by atoms with van der Waals surface area (Å²) in [7, 11) is 0. The van der Waals surface area contributed by atoms with Crippen LogP contribution in [0, 0.1) is 16.7 Å². The van der Waals surface area contributed by atoms with Crippen LogP contribution in [-0.4, -0.2) is 36.1 Å². The number of nitro groups is 1. The van der Waals surface area contributed by atoms with E-state index in [1.807, 2.05) is 11.4 Å². The molecule has 5 nitrogen and oxygen atoms in total. The molecule has 0 spiro atoms. The van der Waals surface area contributed by atoms with Crippen molar-refractivity contribution in [2.75, 3.05) is 26.3 Å². The normalized spacial score (nSPS) is 17.2. The molecule has 0 N–H and O–H groups in total. The zero-order valence-electron chi connectivity index (χ0n) is 8.83. The van der Waals surface area contributed by atoms with Crippen molar-refractivity contribution in [3.63, 3.8) is 0 Å². The van der Waals surface area contributed by atoms with E-state index in [4.69, 9.17) is 4.74 Å². The number of nitrogens with zero attached hydrogens (tertiary/aromatic N) is 2. The summed E-state index contributed by atoms with van der Waals surface area (Å²) in [5.41, 5.74) is 0.795. The maximum absolute atomic E-state index is 10.8. The molecule has 0 aromatic heterocycles. The maximum Gasteiger partial charge on any atom is 0.274 e. The molecule has 1 heterocycles. The molecular formula is C11H13N2O3. The monoisotopic (exact) mass is 221 g/mol. The van der Waals surface area contributed by atoms with Gasteiger partial charge in [-0.3, -0.25) is 15.0 Å². The Balaban J connectivity index is 2.10. The lowest BCUT2D eigenvalue weighted by Crippen LogP contribution is -2.34. The van der Waals surface area contributed by atoms with Crippen molar-refractivity contribution in [3.8, 4) is 0 Å². The van der Waals surface area contributed by atoms with Crippen LogP contribution in [0.3, 0.4) is 0 Å². The van der Waals surface area contributed by atoms with E-state index in [1.54, 1.807) is 18.2 Å². The number of para-hydroxylation sites is 1. The summed E-state index contributed by atoms with van der Waals surface area (Å²) in [6, 6.07) is 6.76. The summed E-state index contributed by atoms with van der Waals surface area (Å²) >= 11 is 0. The van der Waals surface area contributed by atoms with Crippen molar-refractivity contribution in [2.24, 2.45) is 0 Å². The van der Waals surface area contributed by atoms with Gasteiger partial charge in [-0.15, -0.1) is 0 Å². The number of morpholine rings is 1. The highest BCUT2D eigenvalue weighted by Crippen LogP contribution is 2.21. The van der Waals surface area contributed by atoms with E-state index < -0.39 is 0 Å². The number of hydrogen-bond donors (Lipinski definition) is 0. The maximum atomic E-state index is 10.8. The van der Waals surface area contributed by atoms with Gasteiger partial charge in [0.2, 0.25) is 0 Å². The summed E-state index contributed by atoms with van der Waals surface area (Å²) < 4.78 is 5.22. The summed E-state index contributed by atoms with van der Waals surface area (Å²) in [5, 5.41) is 10.8. The largest absolute Gasteiger partial charge is 0.379 e. The highest BCUT2D eigenvalue weighted by molar-refractivity contribution is 5.44. The molecule has 0 bridgehead atoms. The predicted molar refractivity (Wildman–Crippen MR) is 58.9 cm³/mol. The van der Waals surface area contributed by atoms with Crippen LogP contribution >= 0.6 is 0 Å². The van der Waals surface area contributed by atoms with Gasteiger partial charge in [0.25, 0.3) is 5.69 Å². The quantitative estimate of drug-likeness (QED) is 0.572. The third-order valence-electron chi connectivity index (χ3n) is 2.50. The molecule has 2 rings (SSSR count). The summed E-state index contributed by atoms with van der Waals surface area (Å²) in [6.45, 7) is 4.76. The number of hydrogen-bond acceptors (Lipinski definition) is 4. The van der Waals surface area contributed by atoms with E-state index in [0.29, 0.717) is 18.8 Å². The average molecular weight is 221 g/mol. The fraction of sp³-hybridized carbons (Fsp3) is 0.364. The Bertz CT molecular complexity index is 375. The van der Waals surface area contributed by atoms with Gasteiger partial charge in [-0.25, -0.2) is 0 Å². The van der Waals surface area contributed by atoms with Crippen molar-refractivity contribution in [2.45, 2.75) is 0 Å². The lowest BCUT2D eigenvalue weighted by molar-refractivity contribution is -0.385. The molecule has 0 aliphatic carbocycles. The van der Waals surface area contributed by atoms with Gasteiger partial charge in [0.1, 0.15) is 0 Å². The molecular weight excluding hydrogens is 208 g/mol. The number of benzene rings is 1. The Labute approximate surface area is 93.8 Å². The zero-order chi connectivity index (χ0) is 11.4. The molecule has 1 aromatic rings. The molecule has 0 saturated carbocycles. The molecule has 1 aliphatic rings. The summed E-state index contributed by atoms with van der Waals surface area (Å²) in [6.07, 6.45) is 0. The number of rotatable bonds is 3. The Hall–Kier alpha value is -1.46. The molecule has 85 valence electrons. The van der Waals surface area contributed by atoms with Crippen LogP contribution in [0.5, 0.6) is 0 Å². The predicted octanol–water partition coefficient (Wildman–Crippen LogP) is 1.44. The first-order chi connectivity index (χ1) is 7.77. The fourth-order valence-electron chi connectivity index (χ4n) is 1.67. The average Bonchev–Trinajstić information content (AvgIpc) is 2.31. The van der Waals surface area contributed by atoms with Crippen molar-refractivity contribution in [1.29, 1.82) is 0 Å². The molecule has 1 saturated heterocycles. The molecule has 0 amide bonds. The van der Waals surface area contributed by atoms with Crippen LogP contribution < -0.4 is 0 Å². The lowest BCUT2D eigenvalue weighted by atomic mass is 10.1. The smallest absolute Gasteiger partial charge is 0.274 e. The van der Waals surface area contributed by atoms with E-state index in [0.717, 1.165) is 13.1 Å². The summed E-state index contributed by atoms with van der Waals surface area (Å²) in [4.78, 5) is 12.5. The Morgan fingerprint density at radius 1 is 1.31 bits per heavy atom. The summed E-state index contributed by atoms with van der Waals surface area (Å²) in [5.74, 6) is 0. The van der Waals surface area contributed by atoms with Gasteiger partial charge in [-0.2, -0.15) is 0 Å². The molecule has 5 heteroatoms. The second-order valence-electron chi connectivity index (χ2n) is 3.59. The van der Waals surface area contributed by atoms with Gasteiger partial charge in [0.15, 0.2) is 0 Å². The SMILES string of the molecule is O=[N+]([O-])c1ccccc1[CH]N1CCOCC1. The van der Waals surface area contributed by atoms with Gasteiger partial charge in [-0.05, 0) is 0 Å². The van der Waals surface area contributed by atoms with Crippen LogP contribution in [-0.2, 0) is 4.74 Å². The van der Waals surface area contributed by atoms with Crippen LogP contribution in [0.2, 0.25) is 0 Å². The third kappa shape index (κ3) is 2.56.